The van der Waals surface area contributed by atoms with Gasteiger partial charge in [0.25, 0.3) is 5.91 Å². The van der Waals surface area contributed by atoms with E-state index in [2.05, 4.69) is 16.3 Å². The van der Waals surface area contributed by atoms with Crippen LogP contribution in [0.25, 0.3) is 0 Å². The van der Waals surface area contributed by atoms with Gasteiger partial charge in [0, 0.05) is 37.8 Å². The summed E-state index contributed by atoms with van der Waals surface area (Å²) in [7, 11) is 3.28. The number of carbonyl (C=O) groups excluding carboxylic acids is 2. The van der Waals surface area contributed by atoms with Crippen LogP contribution in [0.4, 0.5) is 5.69 Å². The van der Waals surface area contributed by atoms with Crippen LogP contribution in [0.2, 0.25) is 0 Å². The van der Waals surface area contributed by atoms with Crippen LogP contribution in [0.5, 0.6) is 11.5 Å². The molecular formula is C25H31N3O4. The number of anilines is 1. The number of nitrogens with one attached hydrogen (secondary N) is 1. The molecule has 2 aliphatic rings. The second-order valence-corrected chi connectivity index (χ2v) is 8.33. The van der Waals surface area contributed by atoms with Gasteiger partial charge in [-0.3, -0.25) is 9.59 Å². The molecule has 1 heterocycles. The molecule has 1 saturated carbocycles. The lowest BCUT2D eigenvalue weighted by atomic mass is 10.0. The van der Waals surface area contributed by atoms with Crippen LogP contribution in [0.3, 0.4) is 0 Å². The van der Waals surface area contributed by atoms with Gasteiger partial charge in [-0.15, -0.1) is 0 Å². The molecule has 2 aromatic carbocycles. The van der Waals surface area contributed by atoms with Crippen LogP contribution >= 0.6 is 0 Å². The molecule has 0 spiro atoms. The van der Waals surface area contributed by atoms with Crippen molar-refractivity contribution < 1.29 is 19.1 Å². The average Bonchev–Trinajstić information content (AvgIpc) is 3.31. The molecule has 2 aromatic rings. The van der Waals surface area contributed by atoms with E-state index in [-0.39, 0.29) is 23.8 Å². The highest BCUT2D eigenvalue weighted by molar-refractivity contribution is 5.95. The van der Waals surface area contributed by atoms with Crippen molar-refractivity contribution in [1.82, 2.24) is 10.2 Å². The van der Waals surface area contributed by atoms with E-state index in [0.29, 0.717) is 24.4 Å². The summed E-state index contributed by atoms with van der Waals surface area (Å²) in [6.07, 6.45) is 2.60. The number of para-hydroxylation sites is 2. The van der Waals surface area contributed by atoms with E-state index in [1.807, 2.05) is 23.1 Å². The van der Waals surface area contributed by atoms with Gasteiger partial charge in [-0.05, 0) is 49.2 Å². The minimum atomic E-state index is -0.157. The van der Waals surface area contributed by atoms with Crippen LogP contribution in [0, 0.1) is 5.92 Å². The molecule has 1 aliphatic heterocycles. The summed E-state index contributed by atoms with van der Waals surface area (Å²) in [6, 6.07) is 14.9. The predicted octanol–water partition coefficient (Wildman–Crippen LogP) is 2.95. The average molecular weight is 438 g/mol. The molecule has 0 radical (unpaired) electrons. The molecule has 1 N–H and O–H groups in total. The van der Waals surface area contributed by atoms with E-state index in [1.165, 1.54) is 0 Å². The van der Waals surface area contributed by atoms with Gasteiger partial charge in [0.05, 0.1) is 25.8 Å². The minimum Gasteiger partial charge on any atom is -0.497 e. The van der Waals surface area contributed by atoms with Gasteiger partial charge in [-0.25, -0.2) is 0 Å². The molecule has 0 bridgehead atoms. The van der Waals surface area contributed by atoms with Crippen LogP contribution in [-0.2, 0) is 4.79 Å². The van der Waals surface area contributed by atoms with Crippen molar-refractivity contribution in [2.45, 2.75) is 25.3 Å². The number of rotatable bonds is 6. The third-order valence-corrected chi connectivity index (χ3v) is 6.52. The monoisotopic (exact) mass is 437 g/mol. The topological polar surface area (TPSA) is 71.1 Å². The zero-order chi connectivity index (χ0) is 22.5. The van der Waals surface area contributed by atoms with Crippen LogP contribution < -0.4 is 19.7 Å². The maximum absolute atomic E-state index is 13.3. The first kappa shape index (κ1) is 22.0. The zero-order valence-corrected chi connectivity index (χ0v) is 18.8. The van der Waals surface area contributed by atoms with E-state index in [1.54, 1.807) is 38.5 Å². The first-order valence-electron chi connectivity index (χ1n) is 11.2. The standard InChI is InChI=1S/C25H31N3O4/c1-31-19-12-10-18(11-13-19)24(29)26-21-7-5-6-20(21)25(30)28-16-14-27(15-17-28)22-8-3-4-9-23(22)32-2/h3-4,8-13,20-21H,5-7,14-17H2,1-2H3,(H,26,29)/t20-,21+/m0/s1. The fourth-order valence-electron chi connectivity index (χ4n) is 4.72. The highest BCUT2D eigenvalue weighted by Gasteiger charge is 2.37. The van der Waals surface area contributed by atoms with Gasteiger partial charge in [-0.2, -0.15) is 0 Å². The summed E-state index contributed by atoms with van der Waals surface area (Å²) in [5.74, 6) is 1.42. The fraction of sp³-hybridized carbons (Fsp3) is 0.440. The first-order chi connectivity index (χ1) is 15.6. The molecule has 32 heavy (non-hydrogen) atoms. The number of methoxy groups -OCH3 is 2. The largest absolute Gasteiger partial charge is 0.497 e. The molecule has 0 unspecified atom stereocenters. The summed E-state index contributed by atoms with van der Waals surface area (Å²) in [5, 5.41) is 3.10. The number of ether oxygens (including phenoxy) is 2. The molecule has 2 atom stereocenters. The summed E-state index contributed by atoms with van der Waals surface area (Å²) >= 11 is 0. The van der Waals surface area contributed by atoms with E-state index in [4.69, 9.17) is 9.47 Å². The van der Waals surface area contributed by atoms with Crippen molar-refractivity contribution in [3.05, 3.63) is 54.1 Å². The number of hydrogen-bond acceptors (Lipinski definition) is 5. The zero-order valence-electron chi connectivity index (χ0n) is 18.8. The number of benzene rings is 2. The summed E-state index contributed by atoms with van der Waals surface area (Å²) < 4.78 is 10.6. The van der Waals surface area contributed by atoms with Crippen molar-refractivity contribution in [3.8, 4) is 11.5 Å². The predicted molar refractivity (Wildman–Crippen MR) is 123 cm³/mol. The third-order valence-electron chi connectivity index (χ3n) is 6.52. The van der Waals surface area contributed by atoms with Crippen molar-refractivity contribution in [2.24, 2.45) is 5.92 Å². The number of carbonyl (C=O) groups is 2. The molecule has 1 saturated heterocycles. The number of nitrogens with zero attached hydrogens (tertiary/aromatic N) is 2. The maximum Gasteiger partial charge on any atom is 0.251 e. The second kappa shape index (κ2) is 9.94. The Labute approximate surface area is 189 Å². The molecule has 7 nitrogen and oxygen atoms in total. The van der Waals surface area contributed by atoms with Gasteiger partial charge in [0.15, 0.2) is 0 Å². The van der Waals surface area contributed by atoms with Gasteiger partial charge in [0.2, 0.25) is 5.91 Å². The maximum atomic E-state index is 13.3. The molecule has 7 heteroatoms. The smallest absolute Gasteiger partial charge is 0.251 e. The molecule has 2 amide bonds. The van der Waals surface area contributed by atoms with Crippen molar-refractivity contribution in [2.75, 3.05) is 45.3 Å². The lowest BCUT2D eigenvalue weighted by Crippen LogP contribution is -2.53. The lowest BCUT2D eigenvalue weighted by molar-refractivity contribution is -0.136. The molecular weight excluding hydrogens is 406 g/mol. The quantitative estimate of drug-likeness (QED) is 0.753. The Hall–Kier alpha value is -3.22. The fourth-order valence-corrected chi connectivity index (χ4v) is 4.72. The SMILES string of the molecule is COc1ccc(C(=O)N[C@@H]2CCC[C@@H]2C(=O)N2CCN(c3ccccc3OC)CC2)cc1. The molecule has 1 aliphatic carbocycles. The summed E-state index contributed by atoms with van der Waals surface area (Å²) in [6.45, 7) is 2.88. The van der Waals surface area contributed by atoms with Gasteiger partial charge >= 0.3 is 0 Å². The van der Waals surface area contributed by atoms with Crippen LogP contribution in [-0.4, -0.2) is 63.2 Å². The summed E-state index contributed by atoms with van der Waals surface area (Å²) in [4.78, 5) is 30.2. The Morgan fingerprint density at radius 1 is 0.906 bits per heavy atom. The lowest BCUT2D eigenvalue weighted by Gasteiger charge is -2.38. The van der Waals surface area contributed by atoms with Crippen molar-refractivity contribution in [3.63, 3.8) is 0 Å². The Bertz CT molecular complexity index is 938. The minimum absolute atomic E-state index is 0.121. The van der Waals surface area contributed by atoms with E-state index < -0.39 is 0 Å². The normalized spacial score (nSPS) is 20.7. The molecule has 170 valence electrons. The number of hydrogen-bond donors (Lipinski definition) is 1. The van der Waals surface area contributed by atoms with Gasteiger partial charge in [0.1, 0.15) is 11.5 Å². The summed E-state index contributed by atoms with van der Waals surface area (Å²) in [5.41, 5.74) is 1.64. The molecule has 2 fully saturated rings. The van der Waals surface area contributed by atoms with Crippen molar-refractivity contribution >= 4 is 17.5 Å². The Morgan fingerprint density at radius 3 is 2.31 bits per heavy atom. The Balaban J connectivity index is 1.35. The van der Waals surface area contributed by atoms with E-state index in [0.717, 1.165) is 43.8 Å². The Kier molecular flexibility index (Phi) is 6.83. The molecule has 4 rings (SSSR count). The van der Waals surface area contributed by atoms with E-state index in [9.17, 15) is 9.59 Å². The first-order valence-corrected chi connectivity index (χ1v) is 11.2. The van der Waals surface area contributed by atoms with Crippen LogP contribution in [0.15, 0.2) is 48.5 Å². The van der Waals surface area contributed by atoms with Gasteiger partial charge < -0.3 is 24.6 Å². The highest BCUT2D eigenvalue weighted by Crippen LogP contribution is 2.31. The van der Waals surface area contributed by atoms with E-state index >= 15 is 0 Å². The molecule has 0 aromatic heterocycles. The number of piperazine rings is 1. The number of amides is 2. The van der Waals surface area contributed by atoms with Crippen LogP contribution in [0.1, 0.15) is 29.6 Å². The second-order valence-electron chi connectivity index (χ2n) is 8.33. The Morgan fingerprint density at radius 2 is 1.62 bits per heavy atom. The van der Waals surface area contributed by atoms with Gasteiger partial charge in [-0.1, -0.05) is 18.6 Å². The van der Waals surface area contributed by atoms with Crippen molar-refractivity contribution in [1.29, 1.82) is 0 Å². The third kappa shape index (κ3) is 4.66. The highest BCUT2D eigenvalue weighted by atomic mass is 16.5.